The Hall–Kier alpha value is -1.96. The van der Waals surface area contributed by atoms with Crippen LogP contribution in [-0.4, -0.2) is 28.3 Å². The van der Waals surface area contributed by atoms with Gasteiger partial charge in [-0.1, -0.05) is 6.58 Å². The molecule has 0 bridgehead atoms. The molecule has 17 heavy (non-hydrogen) atoms. The van der Waals surface area contributed by atoms with Gasteiger partial charge in [0.2, 0.25) is 0 Å². The van der Waals surface area contributed by atoms with Crippen LogP contribution in [0.5, 0.6) is 0 Å². The fourth-order valence-corrected chi connectivity index (χ4v) is 1.93. The van der Waals surface area contributed by atoms with E-state index in [0.29, 0.717) is 12.8 Å². The number of carboxylic acid groups (broad SMARTS) is 2. The number of aliphatic carboxylic acids is 2. The first-order chi connectivity index (χ1) is 8.04. The van der Waals surface area contributed by atoms with Crippen LogP contribution < -0.4 is 0 Å². The van der Waals surface area contributed by atoms with Crippen LogP contribution in [-0.2, 0) is 14.3 Å². The molecule has 0 radical (unpaired) electrons. The van der Waals surface area contributed by atoms with Crippen molar-refractivity contribution in [2.75, 3.05) is 0 Å². The van der Waals surface area contributed by atoms with Gasteiger partial charge < -0.3 is 14.9 Å². The van der Waals surface area contributed by atoms with Gasteiger partial charge in [-0.15, -0.1) is 0 Å². The highest BCUT2D eigenvalue weighted by Crippen LogP contribution is 2.31. The van der Waals surface area contributed by atoms with E-state index in [1.54, 1.807) is 0 Å². The summed E-state index contributed by atoms with van der Waals surface area (Å²) in [6.07, 6.45) is 4.02. The minimum atomic E-state index is -0.985. The molecule has 0 amide bonds. The maximum atomic E-state index is 10.9. The molecule has 5 heteroatoms. The van der Waals surface area contributed by atoms with Crippen LogP contribution in [0.25, 0.3) is 0 Å². The van der Waals surface area contributed by atoms with E-state index in [4.69, 9.17) is 14.9 Å². The smallest absolute Gasteiger partial charge is 0.306 e. The second-order valence-corrected chi connectivity index (χ2v) is 3.97. The van der Waals surface area contributed by atoms with Crippen LogP contribution in [0.4, 0.5) is 0 Å². The molecule has 0 saturated heterocycles. The minimum absolute atomic E-state index is 0.152. The topological polar surface area (TPSA) is 83.8 Å². The van der Waals surface area contributed by atoms with Gasteiger partial charge in [0.25, 0.3) is 0 Å². The van der Waals surface area contributed by atoms with Crippen LogP contribution in [0.1, 0.15) is 19.3 Å². The molecule has 0 spiro atoms. The number of rotatable bonds is 3. The molecule has 0 aromatic carbocycles. The van der Waals surface area contributed by atoms with Crippen LogP contribution in [0.15, 0.2) is 12.7 Å². The first-order valence-corrected chi connectivity index (χ1v) is 5.27. The van der Waals surface area contributed by atoms with E-state index in [1.807, 2.05) is 0 Å². The van der Waals surface area contributed by atoms with Crippen LogP contribution in [0, 0.1) is 23.9 Å². The number of carboxylic acids is 2. The van der Waals surface area contributed by atoms with Gasteiger partial charge >= 0.3 is 11.9 Å². The lowest BCUT2D eigenvalue weighted by molar-refractivity contribution is -0.150. The standard InChI is InChI=1S/C12H14O5/c1-2-3-4-17-10-6-8(11(13)14)5-9(7-10)12(15)16/h2,8-10H,1,5-7H2,(H,13,14)(H,15,16). The normalized spacial score (nSPS) is 27.4. The minimum Gasteiger partial charge on any atom is -0.481 e. The second-order valence-electron chi connectivity index (χ2n) is 3.97. The molecule has 0 aliphatic heterocycles. The molecule has 2 unspecified atom stereocenters. The predicted octanol–water partition coefficient (Wildman–Crippen LogP) is 1.10. The summed E-state index contributed by atoms with van der Waals surface area (Å²) >= 11 is 0. The molecule has 1 saturated carbocycles. The Bertz CT molecular complexity index is 354. The number of allylic oxidation sites excluding steroid dienone is 1. The first-order valence-electron chi connectivity index (χ1n) is 5.27. The summed E-state index contributed by atoms with van der Waals surface area (Å²) in [7, 11) is 0. The largest absolute Gasteiger partial charge is 0.481 e. The molecular formula is C12H14O5. The van der Waals surface area contributed by atoms with Crippen molar-refractivity contribution >= 4 is 11.9 Å². The van der Waals surface area contributed by atoms with Gasteiger partial charge in [-0.3, -0.25) is 9.59 Å². The third kappa shape index (κ3) is 3.83. The third-order valence-electron chi connectivity index (χ3n) is 2.75. The quantitative estimate of drug-likeness (QED) is 0.719. The zero-order valence-corrected chi connectivity index (χ0v) is 9.26. The molecule has 1 aliphatic rings. The Labute approximate surface area is 99.1 Å². The highest BCUT2D eigenvalue weighted by atomic mass is 16.5. The second kappa shape index (κ2) is 5.94. The van der Waals surface area contributed by atoms with Crippen molar-refractivity contribution < 1.29 is 24.5 Å². The van der Waals surface area contributed by atoms with Gasteiger partial charge in [0.1, 0.15) is 12.2 Å². The fraction of sp³-hybridized carbons (Fsp3) is 0.500. The Morgan fingerprint density at radius 2 is 1.71 bits per heavy atom. The zero-order valence-electron chi connectivity index (χ0n) is 9.26. The van der Waals surface area contributed by atoms with Gasteiger partial charge in [0.05, 0.1) is 11.8 Å². The Balaban J connectivity index is 2.67. The van der Waals surface area contributed by atoms with E-state index < -0.39 is 29.9 Å². The van der Waals surface area contributed by atoms with E-state index in [9.17, 15) is 9.59 Å². The SMILES string of the molecule is C=CC#COC1CC(C(=O)O)CC(C(=O)O)C1. The maximum Gasteiger partial charge on any atom is 0.306 e. The zero-order chi connectivity index (χ0) is 12.8. The maximum absolute atomic E-state index is 10.9. The van der Waals surface area contributed by atoms with Gasteiger partial charge in [-0.2, -0.15) is 0 Å². The van der Waals surface area contributed by atoms with Gasteiger partial charge in [0, 0.05) is 0 Å². The van der Waals surface area contributed by atoms with Crippen molar-refractivity contribution in [3.05, 3.63) is 12.7 Å². The summed E-state index contributed by atoms with van der Waals surface area (Å²) in [5, 5.41) is 17.9. The number of hydrogen-bond donors (Lipinski definition) is 2. The molecule has 1 fully saturated rings. The number of hydrogen-bond acceptors (Lipinski definition) is 3. The highest BCUT2D eigenvalue weighted by molar-refractivity contribution is 5.74. The molecule has 5 nitrogen and oxygen atoms in total. The van der Waals surface area contributed by atoms with E-state index in [2.05, 4.69) is 18.6 Å². The summed E-state index contributed by atoms with van der Waals surface area (Å²) in [6.45, 7) is 3.39. The van der Waals surface area contributed by atoms with Crippen LogP contribution in [0.3, 0.4) is 0 Å². The Morgan fingerprint density at radius 1 is 1.18 bits per heavy atom. The van der Waals surface area contributed by atoms with E-state index in [-0.39, 0.29) is 6.42 Å². The van der Waals surface area contributed by atoms with Crippen molar-refractivity contribution in [3.8, 4) is 12.0 Å². The Kier molecular flexibility index (Phi) is 4.58. The lowest BCUT2D eigenvalue weighted by atomic mass is 9.80. The Morgan fingerprint density at radius 3 is 2.12 bits per heavy atom. The summed E-state index contributed by atoms with van der Waals surface area (Å²) in [5.74, 6) is -0.850. The summed E-state index contributed by atoms with van der Waals surface area (Å²) in [5.41, 5.74) is 0. The van der Waals surface area contributed by atoms with Gasteiger partial charge in [-0.05, 0) is 31.3 Å². The van der Waals surface area contributed by atoms with Crippen molar-refractivity contribution in [3.63, 3.8) is 0 Å². The highest BCUT2D eigenvalue weighted by Gasteiger charge is 2.37. The average molecular weight is 238 g/mol. The van der Waals surface area contributed by atoms with Crippen molar-refractivity contribution in [1.82, 2.24) is 0 Å². The van der Waals surface area contributed by atoms with E-state index in [1.165, 1.54) is 6.08 Å². The van der Waals surface area contributed by atoms with E-state index >= 15 is 0 Å². The first kappa shape index (κ1) is 13.1. The van der Waals surface area contributed by atoms with Crippen molar-refractivity contribution in [2.45, 2.75) is 25.4 Å². The van der Waals surface area contributed by atoms with E-state index in [0.717, 1.165) is 0 Å². The van der Waals surface area contributed by atoms with Gasteiger partial charge in [-0.25, -0.2) is 0 Å². The number of carbonyl (C=O) groups is 2. The lowest BCUT2D eigenvalue weighted by Crippen LogP contribution is -2.35. The molecule has 92 valence electrons. The molecule has 0 heterocycles. The molecule has 0 aromatic heterocycles. The molecule has 2 N–H and O–H groups in total. The molecular weight excluding hydrogens is 224 g/mol. The third-order valence-corrected chi connectivity index (χ3v) is 2.75. The van der Waals surface area contributed by atoms with Gasteiger partial charge in [0.15, 0.2) is 0 Å². The molecule has 2 atom stereocenters. The monoisotopic (exact) mass is 238 g/mol. The molecule has 1 rings (SSSR count). The predicted molar refractivity (Wildman–Crippen MR) is 58.9 cm³/mol. The molecule has 1 aliphatic carbocycles. The van der Waals surface area contributed by atoms with Crippen LogP contribution in [0.2, 0.25) is 0 Å². The van der Waals surface area contributed by atoms with Crippen molar-refractivity contribution in [2.24, 2.45) is 11.8 Å². The average Bonchev–Trinajstić information content (AvgIpc) is 2.29. The number of ether oxygens (including phenoxy) is 1. The summed E-state index contributed by atoms with van der Waals surface area (Å²) < 4.78 is 5.13. The van der Waals surface area contributed by atoms with Crippen LogP contribution >= 0.6 is 0 Å². The molecule has 0 aromatic rings. The fourth-order valence-electron chi connectivity index (χ4n) is 1.93. The van der Waals surface area contributed by atoms with Crippen molar-refractivity contribution in [1.29, 1.82) is 0 Å². The summed E-state index contributed by atoms with van der Waals surface area (Å²) in [4.78, 5) is 21.8. The lowest BCUT2D eigenvalue weighted by Gasteiger charge is -2.29. The summed E-state index contributed by atoms with van der Waals surface area (Å²) in [6, 6.07) is 0.